The number of benzene rings is 1. The van der Waals surface area contributed by atoms with Gasteiger partial charge in [-0.2, -0.15) is 0 Å². The van der Waals surface area contributed by atoms with Gasteiger partial charge in [0.15, 0.2) is 0 Å². The van der Waals surface area contributed by atoms with Crippen molar-refractivity contribution < 1.29 is 12.8 Å². The van der Waals surface area contributed by atoms with Gasteiger partial charge < -0.3 is 5.32 Å². The molecule has 1 fully saturated rings. The summed E-state index contributed by atoms with van der Waals surface area (Å²) in [6.07, 6.45) is 1.88. The van der Waals surface area contributed by atoms with Gasteiger partial charge in [0.05, 0.1) is 4.90 Å². The van der Waals surface area contributed by atoms with E-state index in [2.05, 4.69) is 17.0 Å². The van der Waals surface area contributed by atoms with Crippen molar-refractivity contribution in [1.29, 1.82) is 0 Å². The highest BCUT2D eigenvalue weighted by Gasteiger charge is 2.28. The van der Waals surface area contributed by atoms with Gasteiger partial charge in [0.25, 0.3) is 0 Å². The van der Waals surface area contributed by atoms with Crippen molar-refractivity contribution in [2.75, 3.05) is 19.6 Å². The Morgan fingerprint density at radius 3 is 2.60 bits per heavy atom. The van der Waals surface area contributed by atoms with Crippen LogP contribution >= 0.6 is 0 Å². The third-order valence-electron chi connectivity index (χ3n) is 3.94. The molecular formula is C14H21FN2O2S. The number of aryl methyl sites for hydroxylation is 1. The molecule has 2 rings (SSSR count). The molecule has 0 saturated carbocycles. The van der Waals surface area contributed by atoms with Crippen molar-refractivity contribution in [2.24, 2.45) is 5.41 Å². The lowest BCUT2D eigenvalue weighted by atomic mass is 9.81. The molecule has 0 aromatic heterocycles. The number of nitrogens with one attached hydrogen (secondary N) is 2. The molecule has 1 aliphatic rings. The average molecular weight is 300 g/mol. The van der Waals surface area contributed by atoms with Crippen molar-refractivity contribution in [1.82, 2.24) is 10.0 Å². The molecule has 1 aromatic carbocycles. The largest absolute Gasteiger partial charge is 0.317 e. The van der Waals surface area contributed by atoms with Crippen molar-refractivity contribution in [3.05, 3.63) is 29.6 Å². The van der Waals surface area contributed by atoms with Gasteiger partial charge in [-0.3, -0.25) is 0 Å². The van der Waals surface area contributed by atoms with Crippen molar-refractivity contribution >= 4 is 10.0 Å². The lowest BCUT2D eigenvalue weighted by Gasteiger charge is -2.34. The monoisotopic (exact) mass is 300 g/mol. The molecule has 0 unspecified atom stereocenters. The quantitative estimate of drug-likeness (QED) is 0.891. The molecule has 1 saturated heterocycles. The van der Waals surface area contributed by atoms with Gasteiger partial charge in [-0.25, -0.2) is 17.5 Å². The zero-order chi connectivity index (χ0) is 14.8. The maximum absolute atomic E-state index is 13.2. The van der Waals surface area contributed by atoms with Gasteiger partial charge in [0, 0.05) is 6.54 Å². The van der Waals surface area contributed by atoms with Crippen LogP contribution in [0.4, 0.5) is 4.39 Å². The molecule has 0 bridgehead atoms. The number of rotatable bonds is 4. The normalized spacial score (nSPS) is 18.9. The standard InChI is InChI=1S/C14H21FN2O2S/c1-11-9-12(3-4-13(11)15)20(18,19)17-10-14(2)5-7-16-8-6-14/h3-4,9,16-17H,5-8,10H2,1-2H3. The zero-order valence-corrected chi connectivity index (χ0v) is 12.7. The third-order valence-corrected chi connectivity index (χ3v) is 5.34. The van der Waals surface area contributed by atoms with E-state index in [1.165, 1.54) is 18.2 Å². The van der Waals surface area contributed by atoms with E-state index < -0.39 is 15.8 Å². The second-order valence-electron chi connectivity index (χ2n) is 5.80. The molecule has 2 N–H and O–H groups in total. The third kappa shape index (κ3) is 3.56. The summed E-state index contributed by atoms with van der Waals surface area (Å²) in [6, 6.07) is 3.86. The van der Waals surface area contributed by atoms with Gasteiger partial charge in [0.1, 0.15) is 5.82 Å². The Morgan fingerprint density at radius 2 is 2.00 bits per heavy atom. The van der Waals surface area contributed by atoms with Crippen LogP contribution in [-0.2, 0) is 10.0 Å². The lowest BCUT2D eigenvalue weighted by Crippen LogP contribution is -2.42. The van der Waals surface area contributed by atoms with E-state index in [1.807, 2.05) is 0 Å². The molecule has 1 aliphatic heterocycles. The lowest BCUT2D eigenvalue weighted by molar-refractivity contribution is 0.232. The van der Waals surface area contributed by atoms with Gasteiger partial charge in [-0.05, 0) is 62.0 Å². The number of halogens is 1. The number of hydrogen-bond donors (Lipinski definition) is 2. The fourth-order valence-corrected chi connectivity index (χ4v) is 3.63. The van der Waals surface area contributed by atoms with Crippen molar-refractivity contribution in [3.8, 4) is 0 Å². The fraction of sp³-hybridized carbons (Fsp3) is 0.571. The van der Waals surface area contributed by atoms with Crippen LogP contribution in [0.25, 0.3) is 0 Å². The minimum atomic E-state index is -3.57. The molecular weight excluding hydrogens is 279 g/mol. The van der Waals surface area contributed by atoms with Gasteiger partial charge in [0.2, 0.25) is 10.0 Å². The highest BCUT2D eigenvalue weighted by atomic mass is 32.2. The summed E-state index contributed by atoms with van der Waals surface area (Å²) in [7, 11) is -3.57. The Labute approximate surface area is 119 Å². The number of sulfonamides is 1. The molecule has 6 heteroatoms. The van der Waals surface area contributed by atoms with E-state index in [9.17, 15) is 12.8 Å². The Morgan fingerprint density at radius 1 is 1.35 bits per heavy atom. The highest BCUT2D eigenvalue weighted by Crippen LogP contribution is 2.27. The smallest absolute Gasteiger partial charge is 0.240 e. The summed E-state index contributed by atoms with van der Waals surface area (Å²) in [6.45, 7) is 5.88. The topological polar surface area (TPSA) is 58.2 Å². The van der Waals surface area contributed by atoms with Crippen molar-refractivity contribution in [2.45, 2.75) is 31.6 Å². The minimum Gasteiger partial charge on any atom is -0.317 e. The molecule has 0 aliphatic carbocycles. The average Bonchev–Trinajstić information content (AvgIpc) is 2.41. The van der Waals surface area contributed by atoms with Crippen LogP contribution in [0.1, 0.15) is 25.3 Å². The first-order valence-corrected chi connectivity index (χ1v) is 8.27. The highest BCUT2D eigenvalue weighted by molar-refractivity contribution is 7.89. The molecule has 20 heavy (non-hydrogen) atoms. The van der Waals surface area contributed by atoms with E-state index in [-0.39, 0.29) is 10.3 Å². The maximum atomic E-state index is 13.2. The molecule has 0 amide bonds. The second kappa shape index (κ2) is 5.79. The minimum absolute atomic E-state index is 0.0204. The number of hydrogen-bond acceptors (Lipinski definition) is 3. The van der Waals surface area contributed by atoms with Crippen LogP contribution in [0.15, 0.2) is 23.1 Å². The summed E-state index contributed by atoms with van der Waals surface area (Å²) in [5, 5.41) is 3.26. The second-order valence-corrected chi connectivity index (χ2v) is 7.56. The molecule has 112 valence electrons. The first kappa shape index (κ1) is 15.4. The maximum Gasteiger partial charge on any atom is 0.240 e. The molecule has 4 nitrogen and oxygen atoms in total. The Hall–Kier alpha value is -0.980. The molecule has 0 radical (unpaired) electrons. The molecule has 0 atom stereocenters. The van der Waals surface area contributed by atoms with Crippen LogP contribution < -0.4 is 10.0 Å². The Bertz CT molecular complexity index is 581. The van der Waals surface area contributed by atoms with E-state index >= 15 is 0 Å². The predicted molar refractivity (Wildman–Crippen MR) is 76.5 cm³/mol. The molecule has 1 aromatic rings. The van der Waals surface area contributed by atoms with E-state index in [0.717, 1.165) is 25.9 Å². The van der Waals surface area contributed by atoms with Crippen LogP contribution in [0, 0.1) is 18.2 Å². The predicted octanol–water partition coefficient (Wildman–Crippen LogP) is 1.80. The molecule has 1 heterocycles. The van der Waals surface area contributed by atoms with Crippen molar-refractivity contribution in [3.63, 3.8) is 0 Å². The summed E-state index contributed by atoms with van der Waals surface area (Å²) >= 11 is 0. The van der Waals surface area contributed by atoms with Gasteiger partial charge in [-0.15, -0.1) is 0 Å². The van der Waals surface area contributed by atoms with Gasteiger partial charge >= 0.3 is 0 Å². The van der Waals surface area contributed by atoms with Crippen LogP contribution in [0.2, 0.25) is 0 Å². The first-order valence-electron chi connectivity index (χ1n) is 6.79. The van der Waals surface area contributed by atoms with E-state index in [1.54, 1.807) is 6.92 Å². The van der Waals surface area contributed by atoms with Crippen LogP contribution in [-0.4, -0.2) is 28.1 Å². The Kier molecular flexibility index (Phi) is 4.46. The van der Waals surface area contributed by atoms with E-state index in [0.29, 0.717) is 12.1 Å². The van der Waals surface area contributed by atoms with E-state index in [4.69, 9.17) is 0 Å². The SMILES string of the molecule is Cc1cc(S(=O)(=O)NCC2(C)CCNCC2)ccc1F. The summed E-state index contributed by atoms with van der Waals surface area (Å²) in [4.78, 5) is 0.119. The summed E-state index contributed by atoms with van der Waals surface area (Å²) < 4.78 is 40.3. The summed E-state index contributed by atoms with van der Waals surface area (Å²) in [5.41, 5.74) is 0.314. The summed E-state index contributed by atoms with van der Waals surface area (Å²) in [5.74, 6) is -0.394. The van der Waals surface area contributed by atoms with Crippen LogP contribution in [0.5, 0.6) is 0 Å². The number of piperidine rings is 1. The fourth-order valence-electron chi connectivity index (χ4n) is 2.34. The Balaban J connectivity index is 2.09. The first-order chi connectivity index (χ1) is 9.32. The van der Waals surface area contributed by atoms with Crippen LogP contribution in [0.3, 0.4) is 0 Å². The molecule has 0 spiro atoms. The zero-order valence-electron chi connectivity index (χ0n) is 11.9. The van der Waals surface area contributed by atoms with Gasteiger partial charge in [-0.1, -0.05) is 6.92 Å².